The van der Waals surface area contributed by atoms with Gasteiger partial charge in [-0.2, -0.15) is 0 Å². The van der Waals surface area contributed by atoms with Crippen LogP contribution in [0.15, 0.2) is 83.9 Å². The minimum Gasteiger partial charge on any atom is -0.381 e. The Kier molecular flexibility index (Phi) is 7.88. The fraction of sp³-hybridized carbons (Fsp3) is 0.263. The molecule has 2 amide bonds. The number of aromatic nitrogens is 2. The molecule has 2 aromatic carbocycles. The van der Waals surface area contributed by atoms with E-state index in [1.54, 1.807) is 59.8 Å². The van der Waals surface area contributed by atoms with Crippen LogP contribution in [0, 0.1) is 18.2 Å². The molecule has 0 aliphatic carbocycles. The minimum absolute atomic E-state index is 0.176. The van der Waals surface area contributed by atoms with Crippen molar-refractivity contribution in [1.82, 2.24) is 9.97 Å². The van der Waals surface area contributed by atoms with E-state index in [1.807, 2.05) is 19.1 Å². The smallest absolute Gasteiger partial charge is 0.259 e. The molecule has 5 aromatic rings. The Balaban J connectivity index is 1.01. The maximum absolute atomic E-state index is 14.7. The molecule has 0 unspecified atom stereocenters. The number of nitrogens with zero attached hydrogens (tertiary/aromatic N) is 3. The summed E-state index contributed by atoms with van der Waals surface area (Å²) in [6.07, 6.45) is 5.96. The van der Waals surface area contributed by atoms with E-state index in [4.69, 9.17) is 4.74 Å². The van der Waals surface area contributed by atoms with Gasteiger partial charge in [-0.3, -0.25) is 14.4 Å². The summed E-state index contributed by atoms with van der Waals surface area (Å²) in [6, 6.07) is 18.7. The Morgan fingerprint density at radius 2 is 1.82 bits per heavy atom. The Labute approximate surface area is 286 Å². The van der Waals surface area contributed by atoms with E-state index in [0.717, 1.165) is 65.6 Å². The second-order valence-electron chi connectivity index (χ2n) is 13.1. The van der Waals surface area contributed by atoms with Crippen molar-refractivity contribution in [3.8, 4) is 20.9 Å². The van der Waals surface area contributed by atoms with Crippen LogP contribution in [0.3, 0.4) is 0 Å². The number of halogens is 1. The first-order chi connectivity index (χ1) is 23.8. The van der Waals surface area contributed by atoms with E-state index in [2.05, 4.69) is 20.2 Å². The van der Waals surface area contributed by atoms with Crippen LogP contribution >= 0.6 is 11.3 Å². The van der Waals surface area contributed by atoms with Crippen molar-refractivity contribution in [2.45, 2.75) is 26.2 Å². The molecule has 2 saturated heterocycles. The molecule has 2 N–H and O–H groups in total. The number of nitrogens with one attached hydrogen (secondary N) is 2. The van der Waals surface area contributed by atoms with Crippen molar-refractivity contribution in [2.24, 2.45) is 5.41 Å². The molecule has 3 aliphatic heterocycles. The normalized spacial score (nSPS) is 16.4. The van der Waals surface area contributed by atoms with Crippen LogP contribution in [-0.2, 0) is 11.2 Å². The molecule has 3 aromatic heterocycles. The molecule has 8 rings (SSSR count). The van der Waals surface area contributed by atoms with E-state index < -0.39 is 5.82 Å². The number of amides is 2. The molecule has 3 aliphatic rings. The number of hydrogen-bond donors (Lipinski definition) is 2. The molecule has 0 bridgehead atoms. The number of aryl methyl sites for hydroxylation is 1. The van der Waals surface area contributed by atoms with Gasteiger partial charge in [0.2, 0.25) is 0 Å². The van der Waals surface area contributed by atoms with E-state index in [-0.39, 0.29) is 22.8 Å². The number of benzene rings is 2. The summed E-state index contributed by atoms with van der Waals surface area (Å²) in [4.78, 5) is 52.9. The Hall–Kier alpha value is -5.13. The zero-order valence-electron chi connectivity index (χ0n) is 26.9. The molecule has 248 valence electrons. The number of rotatable bonds is 5. The highest BCUT2D eigenvalue weighted by Gasteiger charge is 2.45. The molecule has 49 heavy (non-hydrogen) atoms. The second-order valence-corrected chi connectivity index (χ2v) is 14.2. The average Bonchev–Trinajstić information content (AvgIpc) is 3.45. The number of H-pyrrole nitrogens is 1. The monoisotopic (exact) mass is 675 g/mol. The van der Waals surface area contributed by atoms with Crippen molar-refractivity contribution < 1.29 is 18.7 Å². The highest BCUT2D eigenvalue weighted by molar-refractivity contribution is 7.19. The molecule has 6 heterocycles. The van der Waals surface area contributed by atoms with Gasteiger partial charge in [-0.25, -0.2) is 9.37 Å². The van der Waals surface area contributed by atoms with Gasteiger partial charge in [-0.05, 0) is 104 Å². The Bertz CT molecular complexity index is 2150. The van der Waals surface area contributed by atoms with E-state index >= 15 is 0 Å². The third kappa shape index (κ3) is 5.83. The van der Waals surface area contributed by atoms with E-state index in [1.165, 1.54) is 23.5 Å². The molecule has 2 fully saturated rings. The molecule has 9 nitrogen and oxygen atoms in total. The van der Waals surface area contributed by atoms with Gasteiger partial charge < -0.3 is 24.8 Å². The number of aromatic amines is 1. The number of ether oxygens (including phenoxy) is 1. The van der Waals surface area contributed by atoms with Crippen LogP contribution in [0.2, 0.25) is 0 Å². The molecule has 0 radical (unpaired) electrons. The van der Waals surface area contributed by atoms with Gasteiger partial charge in [0.1, 0.15) is 11.6 Å². The number of anilines is 3. The fourth-order valence-electron chi connectivity index (χ4n) is 7.14. The average molecular weight is 676 g/mol. The molecule has 11 heteroatoms. The van der Waals surface area contributed by atoms with Crippen LogP contribution in [0.5, 0.6) is 0 Å². The molecular weight excluding hydrogens is 642 g/mol. The zero-order valence-corrected chi connectivity index (χ0v) is 27.7. The third-order valence-corrected chi connectivity index (χ3v) is 11.0. The lowest BCUT2D eigenvalue weighted by molar-refractivity contribution is -0.000510. The predicted octanol–water partition coefficient (Wildman–Crippen LogP) is 6.68. The molecule has 1 spiro atoms. The number of fused-ring (bicyclic) bond motifs is 3. The highest BCUT2D eigenvalue weighted by Crippen LogP contribution is 2.45. The van der Waals surface area contributed by atoms with Gasteiger partial charge in [0.15, 0.2) is 0 Å². The molecule has 0 saturated carbocycles. The van der Waals surface area contributed by atoms with Gasteiger partial charge in [0, 0.05) is 77.2 Å². The number of carbonyl (C=O) groups excluding carboxylic acids is 2. The van der Waals surface area contributed by atoms with Gasteiger partial charge in [-0.15, -0.1) is 11.3 Å². The van der Waals surface area contributed by atoms with Gasteiger partial charge >= 0.3 is 0 Å². The van der Waals surface area contributed by atoms with Crippen LogP contribution in [0.1, 0.15) is 44.7 Å². The van der Waals surface area contributed by atoms with Gasteiger partial charge in [-0.1, -0.05) is 0 Å². The first-order valence-electron chi connectivity index (χ1n) is 16.4. The summed E-state index contributed by atoms with van der Waals surface area (Å²) >= 11 is 1.46. The lowest BCUT2D eigenvalue weighted by atomic mass is 9.73. The van der Waals surface area contributed by atoms with E-state index in [0.29, 0.717) is 46.8 Å². The topological polar surface area (TPSA) is 108 Å². The number of hydrogen-bond acceptors (Lipinski definition) is 7. The summed E-state index contributed by atoms with van der Waals surface area (Å²) in [6.45, 7) is 5.51. The van der Waals surface area contributed by atoms with E-state index in [9.17, 15) is 18.8 Å². The minimum atomic E-state index is -0.444. The summed E-state index contributed by atoms with van der Waals surface area (Å²) in [5.41, 5.74) is 5.21. The van der Waals surface area contributed by atoms with Crippen LogP contribution < -0.4 is 20.7 Å². The van der Waals surface area contributed by atoms with Gasteiger partial charge in [0.25, 0.3) is 17.4 Å². The van der Waals surface area contributed by atoms with Crippen LogP contribution in [0.4, 0.5) is 21.6 Å². The number of pyridine rings is 2. The summed E-state index contributed by atoms with van der Waals surface area (Å²) in [7, 11) is 0. The lowest BCUT2D eigenvalue weighted by Gasteiger charge is -2.53. The maximum Gasteiger partial charge on any atom is 0.259 e. The first kappa shape index (κ1) is 31.2. The molecular formula is C38H34FN5O4S. The van der Waals surface area contributed by atoms with Crippen molar-refractivity contribution in [3.05, 3.63) is 118 Å². The number of thiophene rings is 1. The van der Waals surface area contributed by atoms with Crippen LogP contribution in [-0.4, -0.2) is 54.6 Å². The fourth-order valence-corrected chi connectivity index (χ4v) is 8.41. The largest absolute Gasteiger partial charge is 0.381 e. The van der Waals surface area contributed by atoms with Gasteiger partial charge in [0.05, 0.1) is 16.8 Å². The first-order valence-corrected chi connectivity index (χ1v) is 17.2. The Morgan fingerprint density at radius 1 is 1.02 bits per heavy atom. The number of carbonyl (C=O) groups is 2. The van der Waals surface area contributed by atoms with Crippen molar-refractivity contribution in [1.29, 1.82) is 0 Å². The Morgan fingerprint density at radius 3 is 2.59 bits per heavy atom. The molecule has 0 atom stereocenters. The van der Waals surface area contributed by atoms with Crippen LogP contribution in [0.25, 0.3) is 20.9 Å². The van der Waals surface area contributed by atoms with Crippen molar-refractivity contribution >= 4 is 40.3 Å². The standard InChI is InChI=1S/C38H34FN5O4S/c1-23-17-30(34(41-20-23)43-21-38(22-43)11-15-48-16-12-38)36(46)42-27-7-4-24(5-8-27)37(47)44-14-10-25-18-32(29-3-2-13-40-35(29)45)49-33(25)28-9-6-26(39)19-31(28)44/h2-9,13,17-20H,10-12,14-16,21-22H2,1H3,(H,40,45)(H,42,46). The zero-order chi connectivity index (χ0) is 33.7. The second kappa shape index (κ2) is 12.4. The summed E-state index contributed by atoms with van der Waals surface area (Å²) in [5, 5.41) is 2.99. The van der Waals surface area contributed by atoms with Crippen molar-refractivity contribution in [2.75, 3.05) is 48.0 Å². The van der Waals surface area contributed by atoms with Crippen molar-refractivity contribution in [3.63, 3.8) is 0 Å². The quantitative estimate of drug-likeness (QED) is 0.215. The highest BCUT2D eigenvalue weighted by atomic mass is 32.1. The summed E-state index contributed by atoms with van der Waals surface area (Å²) in [5.74, 6) is -0.307. The summed E-state index contributed by atoms with van der Waals surface area (Å²) < 4.78 is 20.2. The lowest BCUT2D eigenvalue weighted by Crippen LogP contribution is -2.59. The predicted molar refractivity (Wildman–Crippen MR) is 189 cm³/mol. The third-order valence-electron chi connectivity index (χ3n) is 9.78. The maximum atomic E-state index is 14.7. The SMILES string of the molecule is Cc1cnc(N2CC3(CCOCC3)C2)c(C(=O)Nc2ccc(C(=O)N3CCc4cc(-c5ccc[nH]c5=O)sc4-c4ccc(F)cc43)cc2)c1.